The van der Waals surface area contributed by atoms with Crippen LogP contribution in [0, 0.1) is 0 Å². The number of carboxylic acids is 1. The van der Waals surface area contributed by atoms with E-state index < -0.39 is 58.8 Å². The predicted molar refractivity (Wildman–Crippen MR) is 136 cm³/mol. The Labute approximate surface area is 235 Å². The third-order valence-electron chi connectivity index (χ3n) is 6.84. The second-order valence-corrected chi connectivity index (χ2v) is 10.1. The lowest BCUT2D eigenvalue weighted by molar-refractivity contribution is -0.147. The summed E-state index contributed by atoms with van der Waals surface area (Å²) < 4.78 is 127. The summed E-state index contributed by atoms with van der Waals surface area (Å²) in [4.78, 5) is 12.3. The fourth-order valence-corrected chi connectivity index (χ4v) is 4.29. The van der Waals surface area contributed by atoms with Gasteiger partial charge in [0.25, 0.3) is 0 Å². The summed E-state index contributed by atoms with van der Waals surface area (Å²) in [5.74, 6) is -1.58. The number of carboxylic acid groups (broad SMARTS) is 1. The highest BCUT2D eigenvalue weighted by atomic mass is 19.4. The molecule has 3 rings (SSSR count). The van der Waals surface area contributed by atoms with Crippen LogP contribution in [0.5, 0.6) is 5.75 Å². The van der Waals surface area contributed by atoms with E-state index >= 15 is 0 Å². The number of carbonyl (C=O) groups is 1. The first-order chi connectivity index (χ1) is 19.2. The molecular weight excluding hydrogens is 581 g/mol. The summed E-state index contributed by atoms with van der Waals surface area (Å²) in [6.45, 7) is 3.90. The highest BCUT2D eigenvalue weighted by molar-refractivity contribution is 5.81. The quantitative estimate of drug-likeness (QED) is 0.252. The van der Waals surface area contributed by atoms with E-state index in [-0.39, 0.29) is 41.0 Å². The molecule has 3 aromatic rings. The maximum absolute atomic E-state index is 13.6. The van der Waals surface area contributed by atoms with Crippen molar-refractivity contribution < 1.29 is 54.2 Å². The SMILES string of the molecule is COc1ccc(C(C)C)cc1-c1ccc(C(F)(F)F)cc1CNC(C)(C(=O)O)c1cc(C(F)(F)F)cc(C(F)(F)F)c1. The van der Waals surface area contributed by atoms with Gasteiger partial charge in [0, 0.05) is 12.1 Å². The molecule has 4 nitrogen and oxygen atoms in total. The molecule has 0 radical (unpaired) electrons. The third kappa shape index (κ3) is 7.00. The van der Waals surface area contributed by atoms with Crippen molar-refractivity contribution >= 4 is 5.97 Å². The molecule has 13 heteroatoms. The third-order valence-corrected chi connectivity index (χ3v) is 6.84. The second kappa shape index (κ2) is 11.5. The zero-order valence-corrected chi connectivity index (χ0v) is 22.6. The van der Waals surface area contributed by atoms with Crippen LogP contribution in [0.4, 0.5) is 39.5 Å². The van der Waals surface area contributed by atoms with E-state index in [0.717, 1.165) is 30.7 Å². The molecule has 1 unspecified atom stereocenters. The lowest BCUT2D eigenvalue weighted by Gasteiger charge is -2.29. The average molecular weight is 608 g/mol. The number of aliphatic carboxylic acids is 1. The fourth-order valence-electron chi connectivity index (χ4n) is 4.29. The standard InChI is InChI=1S/C29H26F9NO3/c1-15(2)16-5-8-24(42-4)23(10-16)22-7-6-18(27(30,31)32)9-17(22)14-39-26(3,25(40)41)19-11-20(28(33,34)35)13-21(12-19)29(36,37)38/h5-13,15,39H,14H2,1-4H3,(H,40,41). The van der Waals surface area contributed by atoms with E-state index in [1.54, 1.807) is 18.2 Å². The van der Waals surface area contributed by atoms with Crippen LogP contribution in [-0.2, 0) is 35.4 Å². The van der Waals surface area contributed by atoms with Gasteiger partial charge in [-0.25, -0.2) is 4.79 Å². The van der Waals surface area contributed by atoms with Gasteiger partial charge in [0.15, 0.2) is 0 Å². The van der Waals surface area contributed by atoms with E-state index in [1.165, 1.54) is 7.11 Å². The van der Waals surface area contributed by atoms with Crippen molar-refractivity contribution in [2.45, 2.75) is 57.3 Å². The van der Waals surface area contributed by atoms with Crippen LogP contribution in [0.2, 0.25) is 0 Å². The molecule has 0 heterocycles. The largest absolute Gasteiger partial charge is 0.496 e. The molecule has 0 spiro atoms. The highest BCUT2D eigenvalue weighted by Gasteiger charge is 2.42. The summed E-state index contributed by atoms with van der Waals surface area (Å²) >= 11 is 0. The Balaban J connectivity index is 2.21. The van der Waals surface area contributed by atoms with Crippen LogP contribution in [0.3, 0.4) is 0 Å². The summed E-state index contributed by atoms with van der Waals surface area (Å²) in [5.41, 5.74) is -6.86. The van der Waals surface area contributed by atoms with Gasteiger partial charge in [0.1, 0.15) is 11.3 Å². The average Bonchev–Trinajstić information content (AvgIpc) is 2.89. The topological polar surface area (TPSA) is 58.6 Å². The van der Waals surface area contributed by atoms with Gasteiger partial charge in [-0.1, -0.05) is 26.0 Å². The van der Waals surface area contributed by atoms with Crippen LogP contribution in [0.15, 0.2) is 54.6 Å². The maximum atomic E-state index is 13.6. The smallest absolute Gasteiger partial charge is 0.416 e. The first kappa shape index (κ1) is 32.8. The molecule has 0 amide bonds. The monoisotopic (exact) mass is 607 g/mol. The molecule has 0 aromatic heterocycles. The van der Waals surface area contributed by atoms with E-state index in [1.807, 2.05) is 13.8 Å². The van der Waals surface area contributed by atoms with Crippen LogP contribution in [0.1, 0.15) is 60.1 Å². The molecule has 0 saturated heterocycles. The van der Waals surface area contributed by atoms with Crippen molar-refractivity contribution in [1.82, 2.24) is 5.32 Å². The molecule has 0 saturated carbocycles. The van der Waals surface area contributed by atoms with Gasteiger partial charge >= 0.3 is 24.5 Å². The lowest BCUT2D eigenvalue weighted by atomic mass is 9.87. The molecule has 2 N–H and O–H groups in total. The maximum Gasteiger partial charge on any atom is 0.416 e. The Morgan fingerprint density at radius 2 is 1.29 bits per heavy atom. The molecule has 1 atom stereocenters. The van der Waals surface area contributed by atoms with Gasteiger partial charge in [-0.3, -0.25) is 5.32 Å². The van der Waals surface area contributed by atoms with Crippen LogP contribution in [-0.4, -0.2) is 18.2 Å². The van der Waals surface area contributed by atoms with Crippen molar-refractivity contribution in [3.8, 4) is 16.9 Å². The van der Waals surface area contributed by atoms with Crippen LogP contribution < -0.4 is 10.1 Å². The normalized spacial score (nSPS) is 14.1. The van der Waals surface area contributed by atoms with Gasteiger partial charge < -0.3 is 9.84 Å². The molecule has 0 aliphatic rings. The van der Waals surface area contributed by atoms with Gasteiger partial charge in [0.2, 0.25) is 0 Å². The van der Waals surface area contributed by atoms with Crippen molar-refractivity contribution in [3.63, 3.8) is 0 Å². The van der Waals surface area contributed by atoms with Gasteiger partial charge in [-0.05, 0) is 77.6 Å². The molecule has 42 heavy (non-hydrogen) atoms. The Morgan fingerprint density at radius 3 is 1.74 bits per heavy atom. The predicted octanol–water partition coefficient (Wildman–Crippen LogP) is 8.63. The van der Waals surface area contributed by atoms with E-state index in [9.17, 15) is 49.4 Å². The number of ether oxygens (including phenoxy) is 1. The molecule has 0 aliphatic carbocycles. The Bertz CT molecular complexity index is 1430. The van der Waals surface area contributed by atoms with Crippen LogP contribution >= 0.6 is 0 Å². The second-order valence-electron chi connectivity index (χ2n) is 10.1. The minimum atomic E-state index is -5.25. The zero-order chi connectivity index (χ0) is 31.8. The fraction of sp³-hybridized carbons (Fsp3) is 0.345. The lowest BCUT2D eigenvalue weighted by Crippen LogP contribution is -2.46. The van der Waals surface area contributed by atoms with Gasteiger partial charge in [-0.15, -0.1) is 0 Å². The molecule has 3 aromatic carbocycles. The molecule has 0 aliphatic heterocycles. The highest BCUT2D eigenvalue weighted by Crippen LogP contribution is 2.41. The van der Waals surface area contributed by atoms with Crippen LogP contribution in [0.25, 0.3) is 11.1 Å². The number of benzene rings is 3. The van der Waals surface area contributed by atoms with Gasteiger partial charge in [-0.2, -0.15) is 39.5 Å². The van der Waals surface area contributed by atoms with E-state index in [4.69, 9.17) is 4.74 Å². The van der Waals surface area contributed by atoms with E-state index in [2.05, 4.69) is 5.32 Å². The first-order valence-corrected chi connectivity index (χ1v) is 12.3. The number of hydrogen-bond donors (Lipinski definition) is 2. The van der Waals surface area contributed by atoms with Crippen molar-refractivity contribution in [2.75, 3.05) is 7.11 Å². The molecular formula is C29H26F9NO3. The zero-order valence-electron chi connectivity index (χ0n) is 22.6. The first-order valence-electron chi connectivity index (χ1n) is 12.3. The van der Waals surface area contributed by atoms with Crippen molar-refractivity contribution in [2.24, 2.45) is 0 Å². The molecule has 228 valence electrons. The van der Waals surface area contributed by atoms with Crippen molar-refractivity contribution in [1.29, 1.82) is 0 Å². The summed E-state index contributed by atoms with van der Waals surface area (Å²) in [6.07, 6.45) is -15.3. The number of alkyl halides is 9. The summed E-state index contributed by atoms with van der Waals surface area (Å²) in [5, 5.41) is 12.4. The molecule has 0 bridgehead atoms. The number of rotatable bonds is 8. The van der Waals surface area contributed by atoms with Gasteiger partial charge in [0.05, 0.1) is 23.8 Å². The Morgan fingerprint density at radius 1 is 0.762 bits per heavy atom. The number of nitrogens with one attached hydrogen (secondary N) is 1. The summed E-state index contributed by atoms with van der Waals surface area (Å²) in [6, 6.07) is 8.09. The minimum Gasteiger partial charge on any atom is -0.496 e. The number of methoxy groups -OCH3 is 1. The minimum absolute atomic E-state index is 0.00437. The summed E-state index contributed by atoms with van der Waals surface area (Å²) in [7, 11) is 1.34. The van der Waals surface area contributed by atoms with E-state index in [0.29, 0.717) is 5.56 Å². The number of halogens is 9. The molecule has 0 fully saturated rings. The van der Waals surface area contributed by atoms with Crippen molar-refractivity contribution in [3.05, 3.63) is 88.0 Å². The Kier molecular flexibility index (Phi) is 8.98. The number of hydrogen-bond acceptors (Lipinski definition) is 3. The Hall–Kier alpha value is -3.74.